The van der Waals surface area contributed by atoms with E-state index in [1.807, 2.05) is 11.0 Å². The summed E-state index contributed by atoms with van der Waals surface area (Å²) in [5.74, 6) is 0. The number of hydrogen-bond donors (Lipinski definition) is 1. The highest BCUT2D eigenvalue weighted by Crippen LogP contribution is 2.11. The highest BCUT2D eigenvalue weighted by Gasteiger charge is 2.05. The van der Waals surface area contributed by atoms with Crippen LogP contribution in [0.5, 0.6) is 0 Å². The van der Waals surface area contributed by atoms with Crippen molar-refractivity contribution in [3.8, 4) is 0 Å². The maximum Gasteiger partial charge on any atom is 0.0795 e. The van der Waals surface area contributed by atoms with E-state index in [0.717, 1.165) is 24.4 Å². The molecule has 0 amide bonds. The van der Waals surface area contributed by atoms with Crippen LogP contribution >= 0.6 is 22.7 Å². The zero-order valence-electron chi connectivity index (χ0n) is 8.51. The molecule has 0 bridgehead atoms. The average Bonchev–Trinajstić information content (AvgIpc) is 2.90. The van der Waals surface area contributed by atoms with Gasteiger partial charge in [-0.1, -0.05) is 0 Å². The predicted octanol–water partition coefficient (Wildman–Crippen LogP) is 2.49. The van der Waals surface area contributed by atoms with Crippen LogP contribution in [-0.4, -0.2) is 16.5 Å². The Kier molecular flexibility index (Phi) is 3.82. The highest BCUT2D eigenvalue weighted by atomic mass is 32.1. The first-order chi connectivity index (χ1) is 7.36. The molecule has 2 aromatic rings. The van der Waals surface area contributed by atoms with Gasteiger partial charge in [-0.05, 0) is 6.92 Å². The number of thiazole rings is 2. The molecule has 0 aliphatic heterocycles. The topological polar surface area (TPSA) is 37.8 Å². The van der Waals surface area contributed by atoms with Crippen molar-refractivity contribution in [1.29, 1.82) is 0 Å². The summed E-state index contributed by atoms with van der Waals surface area (Å²) in [6, 6.07) is 0.329. The molecule has 0 radical (unpaired) electrons. The highest BCUT2D eigenvalue weighted by molar-refractivity contribution is 7.07. The van der Waals surface area contributed by atoms with E-state index in [1.54, 1.807) is 22.7 Å². The lowest BCUT2D eigenvalue weighted by molar-refractivity contribution is 0.564. The predicted molar refractivity (Wildman–Crippen MR) is 64.3 cm³/mol. The van der Waals surface area contributed by atoms with E-state index in [1.165, 1.54) is 0 Å². The fraction of sp³-hybridized carbons (Fsp3) is 0.400. The van der Waals surface area contributed by atoms with Crippen molar-refractivity contribution < 1.29 is 0 Å². The summed E-state index contributed by atoms with van der Waals surface area (Å²) in [5.41, 5.74) is 6.03. The first-order valence-electron chi connectivity index (χ1n) is 4.85. The molecule has 80 valence electrons. The number of nitrogens with one attached hydrogen (secondary N) is 1. The second kappa shape index (κ2) is 5.34. The maximum atomic E-state index is 4.27. The molecule has 2 rings (SSSR count). The first-order valence-corrected chi connectivity index (χ1v) is 6.73. The van der Waals surface area contributed by atoms with Gasteiger partial charge in [0.15, 0.2) is 0 Å². The Balaban J connectivity index is 1.74. The second-order valence-corrected chi connectivity index (χ2v) is 4.76. The quantitative estimate of drug-likeness (QED) is 0.871. The Labute approximate surface area is 97.2 Å². The Morgan fingerprint density at radius 3 is 2.73 bits per heavy atom. The minimum absolute atomic E-state index is 0.329. The lowest BCUT2D eigenvalue weighted by Crippen LogP contribution is -2.21. The molecule has 0 saturated heterocycles. The first kappa shape index (κ1) is 10.7. The minimum Gasteiger partial charge on any atom is -0.308 e. The molecule has 0 aliphatic carbocycles. The summed E-state index contributed by atoms with van der Waals surface area (Å²) in [6.07, 6.45) is 0.984. The molecule has 0 fully saturated rings. The van der Waals surface area contributed by atoms with Gasteiger partial charge in [0.1, 0.15) is 0 Å². The Hall–Kier alpha value is -0.780. The lowest BCUT2D eigenvalue weighted by atomic mass is 10.2. The third kappa shape index (κ3) is 3.09. The van der Waals surface area contributed by atoms with Crippen LogP contribution in [0.25, 0.3) is 0 Å². The standard InChI is InChI=1S/C10H13N3S2/c1-8(10-5-15-7-13-10)11-3-2-9-4-14-6-12-9/h4-8,11H,2-3H2,1H3. The average molecular weight is 239 g/mol. The molecular formula is C10H13N3S2. The Bertz CT molecular complexity index is 369. The van der Waals surface area contributed by atoms with Gasteiger partial charge in [0.05, 0.1) is 22.4 Å². The summed E-state index contributed by atoms with van der Waals surface area (Å²) in [4.78, 5) is 8.52. The summed E-state index contributed by atoms with van der Waals surface area (Å²) in [5, 5.41) is 7.61. The van der Waals surface area contributed by atoms with Gasteiger partial charge in [0.25, 0.3) is 0 Å². The summed E-state index contributed by atoms with van der Waals surface area (Å²) < 4.78 is 0. The fourth-order valence-electron chi connectivity index (χ4n) is 1.32. The van der Waals surface area contributed by atoms with Crippen LogP contribution in [-0.2, 0) is 6.42 Å². The molecule has 0 aromatic carbocycles. The molecular weight excluding hydrogens is 226 g/mol. The fourth-order valence-corrected chi connectivity index (χ4v) is 2.56. The minimum atomic E-state index is 0.329. The number of hydrogen-bond acceptors (Lipinski definition) is 5. The van der Waals surface area contributed by atoms with Crippen LogP contribution in [0.2, 0.25) is 0 Å². The van der Waals surface area contributed by atoms with Gasteiger partial charge in [-0.2, -0.15) is 0 Å². The van der Waals surface area contributed by atoms with Crippen molar-refractivity contribution in [2.24, 2.45) is 0 Å². The van der Waals surface area contributed by atoms with Gasteiger partial charge in [0, 0.05) is 29.8 Å². The molecule has 2 aromatic heterocycles. The summed E-state index contributed by atoms with van der Waals surface area (Å²) >= 11 is 3.28. The van der Waals surface area contributed by atoms with Crippen LogP contribution in [0.4, 0.5) is 0 Å². The largest absolute Gasteiger partial charge is 0.308 e. The van der Waals surface area contributed by atoms with Crippen LogP contribution in [0.1, 0.15) is 24.4 Å². The maximum absolute atomic E-state index is 4.27. The lowest BCUT2D eigenvalue weighted by Gasteiger charge is -2.10. The van der Waals surface area contributed by atoms with E-state index >= 15 is 0 Å². The van der Waals surface area contributed by atoms with Gasteiger partial charge in [-0.15, -0.1) is 22.7 Å². The SMILES string of the molecule is CC(NCCc1cscn1)c1cscn1. The van der Waals surface area contributed by atoms with Crippen molar-refractivity contribution in [2.45, 2.75) is 19.4 Å². The third-order valence-electron chi connectivity index (χ3n) is 2.21. The Morgan fingerprint density at radius 1 is 1.27 bits per heavy atom. The van der Waals surface area contributed by atoms with Crippen LogP contribution in [0.15, 0.2) is 21.8 Å². The van der Waals surface area contributed by atoms with Gasteiger partial charge in [-0.3, -0.25) is 0 Å². The van der Waals surface area contributed by atoms with E-state index in [4.69, 9.17) is 0 Å². The van der Waals surface area contributed by atoms with Crippen molar-refractivity contribution in [3.63, 3.8) is 0 Å². The molecule has 0 saturated carbocycles. The molecule has 1 atom stereocenters. The Morgan fingerprint density at radius 2 is 2.07 bits per heavy atom. The van der Waals surface area contributed by atoms with Crippen molar-refractivity contribution in [1.82, 2.24) is 15.3 Å². The van der Waals surface area contributed by atoms with Crippen LogP contribution < -0.4 is 5.32 Å². The van der Waals surface area contributed by atoms with E-state index in [0.29, 0.717) is 6.04 Å². The molecule has 5 heteroatoms. The van der Waals surface area contributed by atoms with E-state index in [2.05, 4.69) is 33.0 Å². The smallest absolute Gasteiger partial charge is 0.0795 e. The van der Waals surface area contributed by atoms with Gasteiger partial charge in [-0.25, -0.2) is 9.97 Å². The molecule has 1 N–H and O–H groups in total. The van der Waals surface area contributed by atoms with Crippen molar-refractivity contribution >= 4 is 22.7 Å². The molecule has 15 heavy (non-hydrogen) atoms. The van der Waals surface area contributed by atoms with Gasteiger partial charge < -0.3 is 5.32 Å². The molecule has 0 spiro atoms. The van der Waals surface area contributed by atoms with E-state index in [9.17, 15) is 0 Å². The molecule has 2 heterocycles. The van der Waals surface area contributed by atoms with Gasteiger partial charge >= 0.3 is 0 Å². The molecule has 1 unspecified atom stereocenters. The zero-order valence-corrected chi connectivity index (χ0v) is 10.1. The molecule has 0 aliphatic rings. The number of aromatic nitrogens is 2. The second-order valence-electron chi connectivity index (χ2n) is 3.32. The van der Waals surface area contributed by atoms with Crippen LogP contribution in [0, 0.1) is 0 Å². The van der Waals surface area contributed by atoms with Crippen molar-refractivity contribution in [2.75, 3.05) is 6.54 Å². The van der Waals surface area contributed by atoms with Gasteiger partial charge in [0.2, 0.25) is 0 Å². The third-order valence-corrected chi connectivity index (χ3v) is 3.45. The van der Waals surface area contributed by atoms with Crippen LogP contribution in [0.3, 0.4) is 0 Å². The number of nitrogens with zero attached hydrogens (tertiary/aromatic N) is 2. The summed E-state index contributed by atoms with van der Waals surface area (Å²) in [7, 11) is 0. The van der Waals surface area contributed by atoms with E-state index in [-0.39, 0.29) is 0 Å². The van der Waals surface area contributed by atoms with E-state index < -0.39 is 0 Å². The zero-order chi connectivity index (χ0) is 10.5. The van der Waals surface area contributed by atoms with Crippen molar-refractivity contribution in [3.05, 3.63) is 33.2 Å². The molecule has 3 nitrogen and oxygen atoms in total. The summed E-state index contributed by atoms with van der Waals surface area (Å²) in [6.45, 7) is 3.08. The monoisotopic (exact) mass is 239 g/mol. The number of rotatable bonds is 5. The normalized spacial score (nSPS) is 12.9.